The van der Waals surface area contributed by atoms with E-state index in [1.807, 2.05) is 13.0 Å². The maximum atomic E-state index is 11.7. The number of carbonyl (C=O) groups is 2. The lowest BCUT2D eigenvalue weighted by molar-refractivity contribution is -0.157. The van der Waals surface area contributed by atoms with Gasteiger partial charge in [0.15, 0.2) is 12.4 Å². The van der Waals surface area contributed by atoms with E-state index in [4.69, 9.17) is 9.47 Å². The number of ether oxygens (including phenoxy) is 2. The summed E-state index contributed by atoms with van der Waals surface area (Å²) in [6, 6.07) is 3.67. The molecule has 0 N–H and O–H groups in total. The molecular weight excluding hydrogens is 308 g/mol. The van der Waals surface area contributed by atoms with Crippen LogP contribution in [-0.2, 0) is 14.3 Å². The molecule has 1 aliphatic heterocycles. The molecule has 0 aliphatic carbocycles. The molecule has 1 fully saturated rings. The number of piperidine rings is 1. The molecule has 1 aromatic rings. The first kappa shape index (κ1) is 18.4. The number of nitrogens with zero attached hydrogens (tertiary/aromatic N) is 2. The van der Waals surface area contributed by atoms with Gasteiger partial charge in [0.25, 0.3) is 0 Å². The van der Waals surface area contributed by atoms with E-state index in [-0.39, 0.29) is 5.97 Å². The lowest BCUT2D eigenvalue weighted by Gasteiger charge is -2.33. The first-order valence-corrected chi connectivity index (χ1v) is 8.62. The predicted octanol–water partition coefficient (Wildman–Crippen LogP) is 2.47. The third-order valence-electron chi connectivity index (χ3n) is 4.30. The SMILES string of the molecule is CCOC(=O)C(CC)OCC1CCN(c2ccc(C=O)cn2)CC1. The molecule has 6 nitrogen and oxygen atoms in total. The highest BCUT2D eigenvalue weighted by Gasteiger charge is 2.24. The summed E-state index contributed by atoms with van der Waals surface area (Å²) in [5.41, 5.74) is 0.589. The monoisotopic (exact) mass is 334 g/mol. The average Bonchev–Trinajstić information content (AvgIpc) is 2.63. The Balaban J connectivity index is 1.77. The summed E-state index contributed by atoms with van der Waals surface area (Å²) in [6.07, 6.45) is 4.56. The van der Waals surface area contributed by atoms with Crippen molar-refractivity contribution in [3.63, 3.8) is 0 Å². The van der Waals surface area contributed by atoms with Gasteiger partial charge in [0.05, 0.1) is 13.2 Å². The van der Waals surface area contributed by atoms with Crippen LogP contribution < -0.4 is 4.90 Å². The van der Waals surface area contributed by atoms with Crippen LogP contribution in [0.1, 0.15) is 43.5 Å². The Kier molecular flexibility index (Phi) is 7.18. The van der Waals surface area contributed by atoms with Crippen LogP contribution in [0, 0.1) is 5.92 Å². The molecule has 0 amide bonds. The zero-order chi connectivity index (χ0) is 17.4. The van der Waals surface area contributed by atoms with Crippen molar-refractivity contribution in [2.75, 3.05) is 31.2 Å². The number of aldehydes is 1. The van der Waals surface area contributed by atoms with Crippen molar-refractivity contribution in [1.29, 1.82) is 0 Å². The standard InChI is InChI=1S/C18H26N2O4/c1-3-16(18(22)23-4-2)24-13-14-7-9-20(10-8-14)17-6-5-15(12-21)11-19-17/h5-6,11-12,14,16H,3-4,7-10,13H2,1-2H3. The topological polar surface area (TPSA) is 68.7 Å². The Bertz CT molecular complexity index is 524. The first-order valence-electron chi connectivity index (χ1n) is 8.62. The number of esters is 1. The van der Waals surface area contributed by atoms with Crippen molar-refractivity contribution in [3.8, 4) is 0 Å². The van der Waals surface area contributed by atoms with Gasteiger partial charge in [0, 0.05) is 24.8 Å². The molecule has 2 heterocycles. The molecule has 6 heteroatoms. The number of hydrogen-bond acceptors (Lipinski definition) is 6. The van der Waals surface area contributed by atoms with Crippen molar-refractivity contribution in [1.82, 2.24) is 4.98 Å². The molecule has 0 bridgehead atoms. The summed E-state index contributed by atoms with van der Waals surface area (Å²) in [6.45, 7) is 6.50. The van der Waals surface area contributed by atoms with Crippen molar-refractivity contribution >= 4 is 18.1 Å². The molecule has 24 heavy (non-hydrogen) atoms. The molecule has 1 atom stereocenters. The van der Waals surface area contributed by atoms with Crippen LogP contribution in [0.3, 0.4) is 0 Å². The minimum Gasteiger partial charge on any atom is -0.464 e. The fourth-order valence-electron chi connectivity index (χ4n) is 2.82. The zero-order valence-electron chi connectivity index (χ0n) is 14.4. The van der Waals surface area contributed by atoms with Crippen molar-refractivity contribution in [2.24, 2.45) is 5.92 Å². The second-order valence-electron chi connectivity index (χ2n) is 5.98. The molecule has 1 aromatic heterocycles. The summed E-state index contributed by atoms with van der Waals surface area (Å²) in [5, 5.41) is 0. The number of anilines is 1. The number of carbonyl (C=O) groups excluding carboxylic acids is 2. The van der Waals surface area contributed by atoms with E-state index in [2.05, 4.69) is 9.88 Å². The molecule has 0 aromatic carbocycles. The number of rotatable bonds is 8. The van der Waals surface area contributed by atoms with Gasteiger partial charge < -0.3 is 14.4 Å². The Morgan fingerprint density at radius 3 is 2.67 bits per heavy atom. The van der Waals surface area contributed by atoms with E-state index in [0.29, 0.717) is 31.1 Å². The number of aromatic nitrogens is 1. The van der Waals surface area contributed by atoms with E-state index in [0.717, 1.165) is 38.0 Å². The van der Waals surface area contributed by atoms with Gasteiger partial charge >= 0.3 is 5.97 Å². The fourth-order valence-corrected chi connectivity index (χ4v) is 2.82. The second kappa shape index (κ2) is 9.37. The maximum absolute atomic E-state index is 11.7. The number of pyridine rings is 1. The van der Waals surface area contributed by atoms with Gasteiger partial charge in [-0.3, -0.25) is 4.79 Å². The van der Waals surface area contributed by atoms with E-state index >= 15 is 0 Å². The minimum absolute atomic E-state index is 0.267. The highest BCUT2D eigenvalue weighted by atomic mass is 16.6. The lowest BCUT2D eigenvalue weighted by atomic mass is 9.97. The van der Waals surface area contributed by atoms with Crippen LogP contribution in [0.2, 0.25) is 0 Å². The Hall–Kier alpha value is -1.95. The van der Waals surface area contributed by atoms with Gasteiger partial charge in [0.2, 0.25) is 0 Å². The van der Waals surface area contributed by atoms with Crippen LogP contribution in [0.5, 0.6) is 0 Å². The zero-order valence-corrected chi connectivity index (χ0v) is 14.4. The molecule has 2 rings (SSSR count). The highest BCUT2D eigenvalue weighted by molar-refractivity contribution is 5.75. The van der Waals surface area contributed by atoms with Crippen LogP contribution in [0.15, 0.2) is 18.3 Å². The van der Waals surface area contributed by atoms with Gasteiger partial charge in [-0.1, -0.05) is 6.92 Å². The van der Waals surface area contributed by atoms with Crippen LogP contribution in [-0.4, -0.2) is 49.6 Å². The lowest BCUT2D eigenvalue weighted by Crippen LogP contribution is -2.37. The summed E-state index contributed by atoms with van der Waals surface area (Å²) in [7, 11) is 0. The normalized spacial score (nSPS) is 16.7. The van der Waals surface area contributed by atoms with Gasteiger partial charge in [-0.15, -0.1) is 0 Å². The largest absolute Gasteiger partial charge is 0.464 e. The van der Waals surface area contributed by atoms with Crippen molar-refractivity contribution in [3.05, 3.63) is 23.9 Å². The Labute approximate surface area is 143 Å². The minimum atomic E-state index is -0.458. The van der Waals surface area contributed by atoms with Gasteiger partial charge in [0.1, 0.15) is 5.82 Å². The summed E-state index contributed by atoms with van der Waals surface area (Å²) < 4.78 is 10.8. The second-order valence-corrected chi connectivity index (χ2v) is 5.98. The quantitative estimate of drug-likeness (QED) is 0.537. The Morgan fingerprint density at radius 1 is 1.38 bits per heavy atom. The van der Waals surface area contributed by atoms with Gasteiger partial charge in [-0.2, -0.15) is 0 Å². The Morgan fingerprint density at radius 2 is 2.12 bits per heavy atom. The third-order valence-corrected chi connectivity index (χ3v) is 4.30. The van der Waals surface area contributed by atoms with Crippen molar-refractivity contribution < 1.29 is 19.1 Å². The smallest absolute Gasteiger partial charge is 0.335 e. The molecule has 1 saturated heterocycles. The first-order chi connectivity index (χ1) is 11.7. The van der Waals surface area contributed by atoms with Crippen LogP contribution in [0.4, 0.5) is 5.82 Å². The van der Waals surface area contributed by atoms with Gasteiger partial charge in [-0.25, -0.2) is 9.78 Å². The summed E-state index contributed by atoms with van der Waals surface area (Å²) >= 11 is 0. The third kappa shape index (κ3) is 5.03. The molecule has 132 valence electrons. The maximum Gasteiger partial charge on any atom is 0.335 e. The molecular formula is C18H26N2O4. The van der Waals surface area contributed by atoms with Gasteiger partial charge in [-0.05, 0) is 44.2 Å². The predicted molar refractivity (Wildman–Crippen MR) is 91.2 cm³/mol. The van der Waals surface area contributed by atoms with Crippen LogP contribution in [0.25, 0.3) is 0 Å². The molecule has 1 aliphatic rings. The molecule has 1 unspecified atom stereocenters. The molecule has 0 saturated carbocycles. The van der Waals surface area contributed by atoms with E-state index < -0.39 is 6.10 Å². The number of hydrogen-bond donors (Lipinski definition) is 0. The summed E-state index contributed by atoms with van der Waals surface area (Å²) in [4.78, 5) is 29.0. The summed E-state index contributed by atoms with van der Waals surface area (Å²) in [5.74, 6) is 1.08. The van der Waals surface area contributed by atoms with E-state index in [1.165, 1.54) is 0 Å². The van der Waals surface area contributed by atoms with Crippen molar-refractivity contribution in [2.45, 2.75) is 39.2 Å². The van der Waals surface area contributed by atoms with E-state index in [9.17, 15) is 9.59 Å². The highest BCUT2D eigenvalue weighted by Crippen LogP contribution is 2.22. The molecule has 0 spiro atoms. The fraction of sp³-hybridized carbons (Fsp3) is 0.611. The van der Waals surface area contributed by atoms with E-state index in [1.54, 1.807) is 19.2 Å². The average molecular weight is 334 g/mol. The van der Waals surface area contributed by atoms with Crippen LogP contribution >= 0.6 is 0 Å². The molecule has 0 radical (unpaired) electrons.